The Morgan fingerprint density at radius 2 is 1.57 bits per heavy atom. The number of carbonyl (C=O) groups is 1. The number of aromatic hydroxyl groups is 1. The maximum Gasteiger partial charge on any atom is 0.317 e. The second kappa shape index (κ2) is 18.2. The molecule has 0 radical (unpaired) electrons. The van der Waals surface area contributed by atoms with Crippen molar-refractivity contribution in [2.75, 3.05) is 51.3 Å². The van der Waals surface area contributed by atoms with E-state index in [9.17, 15) is 15.0 Å². The van der Waals surface area contributed by atoms with Gasteiger partial charge in [0.1, 0.15) is 36.6 Å². The normalized spacial score (nSPS) is 14.5. The highest BCUT2D eigenvalue weighted by atomic mass is 16.5. The Kier molecular flexibility index (Phi) is 14.3. The van der Waals surface area contributed by atoms with Crippen molar-refractivity contribution in [1.82, 2.24) is 15.5 Å². The number of benzene rings is 2. The van der Waals surface area contributed by atoms with E-state index in [1.807, 2.05) is 29.2 Å². The number of carbonyl (C=O) groups excluding carboxylic acids is 1. The molecule has 9 heteroatoms. The average Bonchev–Trinajstić information content (AvgIpc) is 2.97. The molecule has 0 aromatic heterocycles. The molecule has 1 fully saturated rings. The van der Waals surface area contributed by atoms with E-state index in [4.69, 9.17) is 9.47 Å². The second-order valence-electron chi connectivity index (χ2n) is 10.4. The van der Waals surface area contributed by atoms with Crippen molar-refractivity contribution < 1.29 is 24.5 Å². The van der Waals surface area contributed by atoms with Gasteiger partial charge in [-0.25, -0.2) is 4.79 Å². The Bertz CT molecular complexity index is 949. The summed E-state index contributed by atoms with van der Waals surface area (Å²) in [6, 6.07) is 14.8. The van der Waals surface area contributed by atoms with Gasteiger partial charge in [0.15, 0.2) is 0 Å². The monoisotopic (exact) mass is 556 g/mol. The number of amides is 2. The number of phenolic OH excluding ortho intramolecular Hbond substituents is 1. The van der Waals surface area contributed by atoms with Crippen LogP contribution in [-0.2, 0) is 0 Å². The lowest BCUT2D eigenvalue weighted by Gasteiger charge is -2.33. The van der Waals surface area contributed by atoms with Crippen LogP contribution in [0.15, 0.2) is 48.5 Å². The number of hydrogen-bond donors (Lipinski definition) is 5. The van der Waals surface area contributed by atoms with Gasteiger partial charge in [0, 0.05) is 44.5 Å². The Labute approximate surface area is 239 Å². The molecule has 40 heavy (non-hydrogen) atoms. The van der Waals surface area contributed by atoms with Gasteiger partial charge in [-0.05, 0) is 67.8 Å². The molecule has 1 heterocycles. The average molecular weight is 557 g/mol. The molecule has 9 nitrogen and oxygen atoms in total. The van der Waals surface area contributed by atoms with E-state index in [0.717, 1.165) is 50.3 Å². The fraction of sp³-hybridized carbons (Fsp3) is 0.581. The van der Waals surface area contributed by atoms with Crippen LogP contribution in [0.25, 0.3) is 0 Å². The third-order valence-electron chi connectivity index (χ3n) is 7.02. The molecule has 5 N–H and O–H groups in total. The quantitative estimate of drug-likeness (QED) is 0.168. The Morgan fingerprint density at radius 3 is 2.30 bits per heavy atom. The van der Waals surface area contributed by atoms with Crippen LogP contribution >= 0.6 is 0 Å². The summed E-state index contributed by atoms with van der Waals surface area (Å²) in [5, 5.41) is 29.2. The summed E-state index contributed by atoms with van der Waals surface area (Å²) in [5.74, 6) is 1.57. The molecule has 1 saturated heterocycles. The van der Waals surface area contributed by atoms with E-state index in [1.165, 1.54) is 32.1 Å². The molecule has 0 bridgehead atoms. The van der Waals surface area contributed by atoms with Crippen molar-refractivity contribution in [3.05, 3.63) is 48.5 Å². The lowest BCUT2D eigenvalue weighted by atomic mass is 10.0. The molecule has 0 spiro atoms. The molecule has 1 aliphatic rings. The first kappa shape index (κ1) is 31.4. The molecule has 2 aromatic rings. The number of unbranched alkanes of at least 4 members (excludes halogenated alkanes) is 5. The Balaban J connectivity index is 1.21. The topological polar surface area (TPSA) is 115 Å². The summed E-state index contributed by atoms with van der Waals surface area (Å²) in [4.78, 5) is 14.4. The van der Waals surface area contributed by atoms with Crippen LogP contribution in [0.5, 0.6) is 17.2 Å². The number of likely N-dealkylation sites (tertiary alicyclic amines) is 1. The number of aliphatic hydroxyl groups is 1. The predicted molar refractivity (Wildman–Crippen MR) is 159 cm³/mol. The molecule has 0 aliphatic carbocycles. The van der Waals surface area contributed by atoms with E-state index in [-0.39, 0.29) is 18.4 Å². The van der Waals surface area contributed by atoms with Crippen molar-refractivity contribution >= 4 is 11.7 Å². The van der Waals surface area contributed by atoms with Gasteiger partial charge in [0.25, 0.3) is 0 Å². The minimum atomic E-state index is -0.648. The van der Waals surface area contributed by atoms with Crippen LogP contribution in [0.2, 0.25) is 0 Å². The maximum atomic E-state index is 12.4. The molecule has 0 unspecified atom stereocenters. The summed E-state index contributed by atoms with van der Waals surface area (Å²) in [7, 11) is 0. The number of phenols is 1. The third kappa shape index (κ3) is 12.3. The molecule has 3 rings (SSSR count). The standard InChI is InChI=1S/C31H48N4O5/c1-2-3-4-5-6-7-18-33-31(38)35-20-16-26(17-21-35)34-25-8-12-29(13-9-25)39-22-19-32-23-28(37)24-40-30-14-10-27(36)11-15-30/h8-15,26,28,32,34,36-37H,2-7,16-24H2,1H3,(H,33,38)/t28-/m0/s1. The number of aliphatic hydroxyl groups excluding tert-OH is 1. The molecule has 2 amide bonds. The van der Waals surface area contributed by atoms with Gasteiger partial charge in [-0.3, -0.25) is 0 Å². The minimum Gasteiger partial charge on any atom is -0.508 e. The van der Waals surface area contributed by atoms with Gasteiger partial charge in [0.05, 0.1) is 0 Å². The van der Waals surface area contributed by atoms with Gasteiger partial charge >= 0.3 is 6.03 Å². The number of urea groups is 1. The first-order valence-electron chi connectivity index (χ1n) is 14.9. The largest absolute Gasteiger partial charge is 0.508 e. The second-order valence-corrected chi connectivity index (χ2v) is 10.4. The van der Waals surface area contributed by atoms with Crippen molar-refractivity contribution in [2.45, 2.75) is 70.4 Å². The zero-order valence-electron chi connectivity index (χ0n) is 23.9. The summed E-state index contributed by atoms with van der Waals surface area (Å²) in [6.45, 7) is 6.18. The molecular weight excluding hydrogens is 508 g/mol. The number of nitrogens with one attached hydrogen (secondary N) is 3. The summed E-state index contributed by atoms with van der Waals surface area (Å²) >= 11 is 0. The van der Waals surface area contributed by atoms with E-state index in [1.54, 1.807) is 24.3 Å². The number of nitrogens with zero attached hydrogens (tertiary/aromatic N) is 1. The number of hydrogen-bond acceptors (Lipinski definition) is 7. The number of rotatable bonds is 18. The lowest BCUT2D eigenvalue weighted by molar-refractivity contribution is 0.105. The zero-order valence-corrected chi connectivity index (χ0v) is 23.9. The summed E-state index contributed by atoms with van der Waals surface area (Å²) in [5.41, 5.74) is 1.05. The highest BCUT2D eigenvalue weighted by Crippen LogP contribution is 2.20. The maximum absolute atomic E-state index is 12.4. The highest BCUT2D eigenvalue weighted by molar-refractivity contribution is 5.74. The van der Waals surface area contributed by atoms with E-state index in [2.05, 4.69) is 22.9 Å². The van der Waals surface area contributed by atoms with Crippen LogP contribution in [0.4, 0.5) is 10.5 Å². The van der Waals surface area contributed by atoms with Crippen molar-refractivity contribution in [3.8, 4) is 17.2 Å². The highest BCUT2D eigenvalue weighted by Gasteiger charge is 2.22. The minimum absolute atomic E-state index is 0.0694. The fourth-order valence-electron chi connectivity index (χ4n) is 4.63. The lowest BCUT2D eigenvalue weighted by Crippen LogP contribution is -2.47. The smallest absolute Gasteiger partial charge is 0.317 e. The first-order valence-corrected chi connectivity index (χ1v) is 14.9. The van der Waals surface area contributed by atoms with Crippen molar-refractivity contribution in [3.63, 3.8) is 0 Å². The van der Waals surface area contributed by atoms with Crippen molar-refractivity contribution in [2.24, 2.45) is 0 Å². The SMILES string of the molecule is CCCCCCCCNC(=O)N1CCC(Nc2ccc(OCCNC[C@H](O)COc3ccc(O)cc3)cc2)CC1. The molecule has 1 atom stereocenters. The summed E-state index contributed by atoms with van der Waals surface area (Å²) < 4.78 is 11.3. The van der Waals surface area contributed by atoms with Gasteiger partial charge in [-0.1, -0.05) is 39.0 Å². The van der Waals surface area contributed by atoms with Crippen LogP contribution < -0.4 is 25.4 Å². The van der Waals surface area contributed by atoms with E-state index in [0.29, 0.717) is 31.5 Å². The molecule has 1 aliphatic heterocycles. The zero-order chi connectivity index (χ0) is 28.4. The number of piperidine rings is 1. The van der Waals surface area contributed by atoms with E-state index < -0.39 is 6.10 Å². The van der Waals surface area contributed by atoms with Crippen LogP contribution in [0, 0.1) is 0 Å². The molecule has 2 aromatic carbocycles. The molecular formula is C31H48N4O5. The van der Waals surface area contributed by atoms with Gasteiger partial charge in [-0.15, -0.1) is 0 Å². The predicted octanol–water partition coefficient (Wildman–Crippen LogP) is 4.75. The Morgan fingerprint density at radius 1 is 0.925 bits per heavy atom. The van der Waals surface area contributed by atoms with Gasteiger partial charge in [-0.2, -0.15) is 0 Å². The molecule has 0 saturated carbocycles. The fourth-order valence-corrected chi connectivity index (χ4v) is 4.63. The number of ether oxygens (including phenoxy) is 2. The first-order chi connectivity index (χ1) is 19.5. The van der Waals surface area contributed by atoms with Gasteiger partial charge in [0.2, 0.25) is 0 Å². The molecule has 222 valence electrons. The third-order valence-corrected chi connectivity index (χ3v) is 7.02. The number of anilines is 1. The van der Waals surface area contributed by atoms with Crippen LogP contribution in [-0.4, -0.2) is 79.2 Å². The van der Waals surface area contributed by atoms with Crippen molar-refractivity contribution in [1.29, 1.82) is 0 Å². The van der Waals surface area contributed by atoms with Gasteiger partial charge < -0.3 is 40.5 Å². The van der Waals surface area contributed by atoms with Crippen LogP contribution in [0.3, 0.4) is 0 Å². The Hall–Kier alpha value is -3.17. The van der Waals surface area contributed by atoms with Crippen LogP contribution in [0.1, 0.15) is 58.3 Å². The van der Waals surface area contributed by atoms with E-state index >= 15 is 0 Å². The summed E-state index contributed by atoms with van der Waals surface area (Å²) in [6.07, 6.45) is 8.59.